The molecule has 2 heterocycles. The van der Waals surface area contributed by atoms with Gasteiger partial charge in [-0.1, -0.05) is 51.3 Å². The Labute approximate surface area is 192 Å². The molecule has 6 heteroatoms. The molecule has 0 saturated heterocycles. The van der Waals surface area contributed by atoms with Gasteiger partial charge in [-0.2, -0.15) is 0 Å². The number of hydrogen-bond donors (Lipinski definition) is 0. The number of fused-ring (bicyclic) bond motifs is 4. The summed E-state index contributed by atoms with van der Waals surface area (Å²) >= 11 is 0. The second-order valence-corrected chi connectivity index (χ2v) is 8.70. The number of non-ortho nitro benzene ring substituents is 1. The summed E-state index contributed by atoms with van der Waals surface area (Å²) in [6, 6.07) is 19.3. The number of aromatic nitrogens is 2. The fourth-order valence-corrected chi connectivity index (χ4v) is 4.71. The van der Waals surface area contributed by atoms with Crippen molar-refractivity contribution in [2.75, 3.05) is 0 Å². The summed E-state index contributed by atoms with van der Waals surface area (Å²) < 4.78 is 8.37. The topological polar surface area (TPSA) is 74.1 Å². The second kappa shape index (κ2) is 8.70. The highest BCUT2D eigenvalue weighted by Gasteiger charge is 2.17. The molecule has 2 aromatic heterocycles. The summed E-state index contributed by atoms with van der Waals surface area (Å²) in [5.74, 6) is 1.12. The van der Waals surface area contributed by atoms with Crippen molar-refractivity contribution in [2.45, 2.75) is 46.1 Å². The van der Waals surface area contributed by atoms with Gasteiger partial charge < -0.3 is 8.98 Å². The van der Waals surface area contributed by atoms with Crippen LogP contribution in [0.25, 0.3) is 44.4 Å². The maximum Gasteiger partial charge on any atom is 0.273 e. The van der Waals surface area contributed by atoms with Crippen molar-refractivity contribution in [2.24, 2.45) is 5.92 Å². The molecule has 0 amide bonds. The first kappa shape index (κ1) is 21.2. The zero-order valence-electron chi connectivity index (χ0n) is 19.0. The van der Waals surface area contributed by atoms with Crippen LogP contribution in [0.5, 0.6) is 0 Å². The van der Waals surface area contributed by atoms with Crippen LogP contribution in [0.3, 0.4) is 0 Å². The number of hydrogen-bond acceptors (Lipinski definition) is 4. The van der Waals surface area contributed by atoms with Crippen LogP contribution in [0.1, 0.15) is 39.5 Å². The lowest BCUT2D eigenvalue weighted by Crippen LogP contribution is -2.10. The van der Waals surface area contributed by atoms with E-state index in [0.717, 1.165) is 12.1 Å². The fraction of sp³-hybridized carbons (Fsp3) is 0.296. The van der Waals surface area contributed by atoms with Crippen LogP contribution in [0.4, 0.5) is 5.69 Å². The monoisotopic (exact) mass is 441 g/mol. The minimum absolute atomic E-state index is 0.00252. The molecule has 1 unspecified atom stereocenters. The number of nitrogens with zero attached hydrogens (tertiary/aromatic N) is 3. The number of para-hydroxylation sites is 1. The van der Waals surface area contributed by atoms with E-state index >= 15 is 0 Å². The van der Waals surface area contributed by atoms with Crippen molar-refractivity contribution >= 4 is 38.6 Å². The van der Waals surface area contributed by atoms with Crippen molar-refractivity contribution in [1.82, 2.24) is 9.55 Å². The van der Waals surface area contributed by atoms with Gasteiger partial charge in [0.25, 0.3) is 5.69 Å². The smallest absolute Gasteiger partial charge is 0.273 e. The molecule has 5 aromatic rings. The van der Waals surface area contributed by atoms with Gasteiger partial charge in [-0.3, -0.25) is 10.1 Å². The van der Waals surface area contributed by atoms with E-state index in [-0.39, 0.29) is 5.69 Å². The number of benzene rings is 3. The Kier molecular flexibility index (Phi) is 5.58. The van der Waals surface area contributed by atoms with Gasteiger partial charge in [-0.05, 0) is 42.7 Å². The number of nitro benzene ring substituents is 1. The molecule has 0 fully saturated rings. The van der Waals surface area contributed by atoms with Gasteiger partial charge in [0.15, 0.2) is 5.58 Å². The van der Waals surface area contributed by atoms with Gasteiger partial charge in [-0.15, -0.1) is 0 Å². The van der Waals surface area contributed by atoms with Crippen molar-refractivity contribution in [1.29, 1.82) is 0 Å². The minimum atomic E-state index is -0.424. The van der Waals surface area contributed by atoms with Crippen LogP contribution in [0.15, 0.2) is 65.1 Å². The van der Waals surface area contributed by atoms with E-state index < -0.39 is 4.92 Å². The number of rotatable bonds is 8. The van der Waals surface area contributed by atoms with E-state index in [9.17, 15) is 10.1 Å². The molecule has 3 aromatic carbocycles. The Morgan fingerprint density at radius 3 is 2.64 bits per heavy atom. The van der Waals surface area contributed by atoms with Gasteiger partial charge in [0.2, 0.25) is 5.89 Å². The maximum absolute atomic E-state index is 11.1. The van der Waals surface area contributed by atoms with Crippen LogP contribution in [0, 0.1) is 16.0 Å². The Morgan fingerprint density at radius 2 is 1.85 bits per heavy atom. The maximum atomic E-state index is 11.1. The Hall–Kier alpha value is -3.67. The molecular weight excluding hydrogens is 414 g/mol. The highest BCUT2D eigenvalue weighted by Crippen LogP contribution is 2.35. The van der Waals surface area contributed by atoms with E-state index in [2.05, 4.69) is 59.8 Å². The fourth-order valence-electron chi connectivity index (χ4n) is 4.71. The Balaban J connectivity index is 1.60. The van der Waals surface area contributed by atoms with Gasteiger partial charge in [0, 0.05) is 40.0 Å². The van der Waals surface area contributed by atoms with Gasteiger partial charge in [0.1, 0.15) is 5.52 Å². The molecule has 0 radical (unpaired) electrons. The molecule has 0 aliphatic carbocycles. The SMILES string of the molecule is CCCCC(CC)Cn1c2ccccc2c2cc(-c3nc4ccc([N+](=O)[O-])cc4o3)ccc21. The van der Waals surface area contributed by atoms with Gasteiger partial charge >= 0.3 is 0 Å². The highest BCUT2D eigenvalue weighted by atomic mass is 16.6. The van der Waals surface area contributed by atoms with E-state index in [4.69, 9.17) is 4.42 Å². The van der Waals surface area contributed by atoms with Crippen LogP contribution in [0.2, 0.25) is 0 Å². The van der Waals surface area contributed by atoms with E-state index in [1.54, 1.807) is 6.07 Å². The molecule has 6 nitrogen and oxygen atoms in total. The molecule has 1 atom stereocenters. The Morgan fingerprint density at radius 1 is 1.03 bits per heavy atom. The minimum Gasteiger partial charge on any atom is -0.436 e. The third kappa shape index (κ3) is 3.86. The zero-order chi connectivity index (χ0) is 22.9. The first-order valence-electron chi connectivity index (χ1n) is 11.7. The number of nitro groups is 1. The van der Waals surface area contributed by atoms with Crippen LogP contribution in [-0.4, -0.2) is 14.5 Å². The summed E-state index contributed by atoms with van der Waals surface area (Å²) in [6.45, 7) is 5.54. The second-order valence-electron chi connectivity index (χ2n) is 8.70. The van der Waals surface area contributed by atoms with Gasteiger partial charge in [0.05, 0.1) is 11.0 Å². The highest BCUT2D eigenvalue weighted by molar-refractivity contribution is 6.09. The predicted molar refractivity (Wildman–Crippen MR) is 132 cm³/mol. The normalized spacial score (nSPS) is 12.7. The van der Waals surface area contributed by atoms with Crippen LogP contribution < -0.4 is 0 Å². The molecular formula is C27H27N3O3. The third-order valence-corrected chi connectivity index (χ3v) is 6.59. The summed E-state index contributed by atoms with van der Waals surface area (Å²) in [5, 5.41) is 13.5. The quantitative estimate of drug-likeness (QED) is 0.182. The van der Waals surface area contributed by atoms with Gasteiger partial charge in [-0.25, -0.2) is 4.98 Å². The van der Waals surface area contributed by atoms with Crippen molar-refractivity contribution in [3.63, 3.8) is 0 Å². The van der Waals surface area contributed by atoms with E-state index in [1.807, 2.05) is 6.07 Å². The molecule has 0 N–H and O–H groups in total. The zero-order valence-corrected chi connectivity index (χ0v) is 19.0. The number of unbranched alkanes of at least 4 members (excludes halogenated alkanes) is 1. The first-order chi connectivity index (χ1) is 16.1. The van der Waals surface area contributed by atoms with Crippen molar-refractivity contribution < 1.29 is 9.34 Å². The van der Waals surface area contributed by atoms with Crippen molar-refractivity contribution in [3.05, 3.63) is 70.8 Å². The average molecular weight is 442 g/mol. The molecule has 0 spiro atoms. The average Bonchev–Trinajstić information content (AvgIpc) is 3.40. The van der Waals surface area contributed by atoms with E-state index in [1.165, 1.54) is 59.6 Å². The predicted octanol–water partition coefficient (Wildman–Crippen LogP) is 7.73. The standard InChI is InChI=1S/C27H27N3O3/c1-3-5-8-18(4-2)17-29-24-10-7-6-9-21(24)22-15-19(11-14-25(22)29)27-28-23-13-12-20(30(31)32)16-26(23)33-27/h6-7,9-16,18H,3-5,8,17H2,1-2H3. The van der Waals surface area contributed by atoms with Crippen LogP contribution >= 0.6 is 0 Å². The number of oxazole rings is 1. The Bertz CT molecular complexity index is 1460. The summed E-state index contributed by atoms with van der Waals surface area (Å²) in [5.41, 5.74) is 4.34. The summed E-state index contributed by atoms with van der Waals surface area (Å²) in [6.07, 6.45) is 4.89. The lowest BCUT2D eigenvalue weighted by Gasteiger charge is -2.17. The van der Waals surface area contributed by atoms with E-state index in [0.29, 0.717) is 22.9 Å². The molecule has 33 heavy (non-hydrogen) atoms. The first-order valence-corrected chi connectivity index (χ1v) is 11.7. The third-order valence-electron chi connectivity index (χ3n) is 6.59. The molecule has 0 aliphatic rings. The lowest BCUT2D eigenvalue weighted by atomic mass is 9.99. The summed E-state index contributed by atoms with van der Waals surface area (Å²) in [7, 11) is 0. The molecule has 168 valence electrons. The molecule has 5 rings (SSSR count). The summed E-state index contributed by atoms with van der Waals surface area (Å²) in [4.78, 5) is 15.2. The molecule has 0 bridgehead atoms. The molecule has 0 aliphatic heterocycles. The lowest BCUT2D eigenvalue weighted by molar-refractivity contribution is -0.384. The molecule has 0 saturated carbocycles. The van der Waals surface area contributed by atoms with Crippen LogP contribution in [-0.2, 0) is 6.54 Å². The van der Waals surface area contributed by atoms with Crippen molar-refractivity contribution in [3.8, 4) is 11.5 Å². The largest absolute Gasteiger partial charge is 0.436 e.